The van der Waals surface area contributed by atoms with Gasteiger partial charge in [-0.05, 0) is 31.6 Å². The minimum Gasteiger partial charge on any atom is -0.388 e. The van der Waals surface area contributed by atoms with Crippen molar-refractivity contribution >= 4 is 5.91 Å². The lowest BCUT2D eigenvalue weighted by molar-refractivity contribution is -0.125. The molecule has 1 amide bonds. The zero-order valence-corrected chi connectivity index (χ0v) is 11.3. The van der Waals surface area contributed by atoms with Gasteiger partial charge in [0.15, 0.2) is 0 Å². The molecule has 18 heavy (non-hydrogen) atoms. The summed E-state index contributed by atoms with van der Waals surface area (Å²) < 4.78 is 5.43. The molecule has 4 heteroatoms. The van der Waals surface area contributed by atoms with Crippen molar-refractivity contribution in [3.05, 3.63) is 0 Å². The average molecular weight is 255 g/mol. The molecule has 3 unspecified atom stereocenters. The van der Waals surface area contributed by atoms with Crippen molar-refractivity contribution in [2.45, 2.75) is 63.6 Å². The monoisotopic (exact) mass is 255 g/mol. The number of aliphatic hydroxyl groups is 1. The normalized spacial score (nSPS) is 36.6. The van der Waals surface area contributed by atoms with E-state index in [1.54, 1.807) is 0 Å². The first kappa shape index (κ1) is 13.8. The van der Waals surface area contributed by atoms with Crippen LogP contribution < -0.4 is 5.32 Å². The lowest BCUT2D eigenvalue weighted by atomic mass is 9.79. The number of ether oxygens (including phenoxy) is 1. The average Bonchev–Trinajstić information content (AvgIpc) is 2.79. The van der Waals surface area contributed by atoms with E-state index >= 15 is 0 Å². The summed E-state index contributed by atoms with van der Waals surface area (Å²) in [6.07, 6.45) is 6.40. The van der Waals surface area contributed by atoms with Crippen LogP contribution in [0.5, 0.6) is 0 Å². The van der Waals surface area contributed by atoms with Gasteiger partial charge >= 0.3 is 0 Å². The van der Waals surface area contributed by atoms with E-state index in [4.69, 9.17) is 4.74 Å². The van der Waals surface area contributed by atoms with Gasteiger partial charge in [0.1, 0.15) is 0 Å². The van der Waals surface area contributed by atoms with Crippen LogP contribution in [0.2, 0.25) is 0 Å². The Kier molecular flexibility index (Phi) is 4.62. The number of hydrogen-bond acceptors (Lipinski definition) is 3. The van der Waals surface area contributed by atoms with Crippen LogP contribution in [0, 0.1) is 5.92 Å². The quantitative estimate of drug-likeness (QED) is 0.802. The van der Waals surface area contributed by atoms with Crippen molar-refractivity contribution in [2.75, 3.05) is 13.2 Å². The summed E-state index contributed by atoms with van der Waals surface area (Å²) >= 11 is 0. The van der Waals surface area contributed by atoms with Crippen molar-refractivity contribution in [2.24, 2.45) is 5.92 Å². The summed E-state index contributed by atoms with van der Waals surface area (Å²) in [5.74, 6) is 0.562. The summed E-state index contributed by atoms with van der Waals surface area (Å²) in [4.78, 5) is 11.8. The maximum atomic E-state index is 11.8. The zero-order valence-electron chi connectivity index (χ0n) is 11.3. The van der Waals surface area contributed by atoms with E-state index in [0.717, 1.165) is 38.7 Å². The van der Waals surface area contributed by atoms with Gasteiger partial charge in [0.25, 0.3) is 0 Å². The van der Waals surface area contributed by atoms with Crippen molar-refractivity contribution in [1.29, 1.82) is 0 Å². The Morgan fingerprint density at radius 1 is 1.44 bits per heavy atom. The molecule has 3 atom stereocenters. The highest BCUT2D eigenvalue weighted by Crippen LogP contribution is 2.31. The second kappa shape index (κ2) is 6.02. The Hall–Kier alpha value is -0.610. The molecule has 0 aromatic heterocycles. The highest BCUT2D eigenvalue weighted by Gasteiger charge is 2.33. The maximum absolute atomic E-state index is 11.8. The van der Waals surface area contributed by atoms with Gasteiger partial charge in [0.2, 0.25) is 5.91 Å². The molecule has 4 nitrogen and oxygen atoms in total. The van der Waals surface area contributed by atoms with Gasteiger partial charge in [0, 0.05) is 13.2 Å². The molecular formula is C14H25NO3. The molecule has 0 bridgehead atoms. The Labute approximate surface area is 109 Å². The molecule has 2 aliphatic rings. The fourth-order valence-corrected chi connectivity index (χ4v) is 3.14. The minimum absolute atomic E-state index is 0.00792. The molecule has 104 valence electrons. The predicted molar refractivity (Wildman–Crippen MR) is 69.2 cm³/mol. The Balaban J connectivity index is 1.71. The first-order valence-electron chi connectivity index (χ1n) is 7.18. The molecule has 0 aromatic rings. The van der Waals surface area contributed by atoms with E-state index in [-0.39, 0.29) is 12.0 Å². The molecule has 0 spiro atoms. The van der Waals surface area contributed by atoms with Gasteiger partial charge < -0.3 is 15.2 Å². The Morgan fingerprint density at radius 3 is 2.94 bits per heavy atom. The smallest absolute Gasteiger partial charge is 0.222 e. The first-order valence-corrected chi connectivity index (χ1v) is 7.18. The van der Waals surface area contributed by atoms with Crippen LogP contribution in [0.25, 0.3) is 0 Å². The SMILES string of the molecule is CC1CCCC(O)(CNC(=O)CC2CCCO2)C1. The van der Waals surface area contributed by atoms with E-state index in [1.807, 2.05) is 0 Å². The fourth-order valence-electron chi connectivity index (χ4n) is 3.14. The second-order valence-corrected chi connectivity index (χ2v) is 6.04. The topological polar surface area (TPSA) is 58.6 Å². The van der Waals surface area contributed by atoms with E-state index in [9.17, 15) is 9.90 Å². The molecule has 1 saturated carbocycles. The molecule has 0 aromatic carbocycles. The van der Waals surface area contributed by atoms with Crippen molar-refractivity contribution in [3.63, 3.8) is 0 Å². The lowest BCUT2D eigenvalue weighted by Gasteiger charge is -2.35. The maximum Gasteiger partial charge on any atom is 0.222 e. The van der Waals surface area contributed by atoms with Gasteiger partial charge in [-0.15, -0.1) is 0 Å². The summed E-state index contributed by atoms with van der Waals surface area (Å²) in [6, 6.07) is 0. The summed E-state index contributed by atoms with van der Waals surface area (Å²) in [7, 11) is 0. The van der Waals surface area contributed by atoms with E-state index < -0.39 is 5.60 Å². The van der Waals surface area contributed by atoms with Crippen molar-refractivity contribution in [1.82, 2.24) is 5.32 Å². The molecule has 2 rings (SSSR count). The van der Waals surface area contributed by atoms with Crippen LogP contribution in [0.1, 0.15) is 51.9 Å². The molecule has 0 radical (unpaired) electrons. The van der Waals surface area contributed by atoms with Crippen LogP contribution in [0.3, 0.4) is 0 Å². The highest BCUT2D eigenvalue weighted by atomic mass is 16.5. The molecule has 1 aliphatic heterocycles. The third-order valence-corrected chi connectivity index (χ3v) is 4.12. The number of nitrogens with one attached hydrogen (secondary N) is 1. The lowest BCUT2D eigenvalue weighted by Crippen LogP contribution is -2.46. The predicted octanol–water partition coefficient (Wildman–Crippen LogP) is 1.61. The van der Waals surface area contributed by atoms with Gasteiger partial charge in [0.05, 0.1) is 18.1 Å². The van der Waals surface area contributed by atoms with E-state index in [0.29, 0.717) is 18.9 Å². The van der Waals surface area contributed by atoms with Gasteiger partial charge in [-0.3, -0.25) is 4.79 Å². The van der Waals surface area contributed by atoms with E-state index in [2.05, 4.69) is 12.2 Å². The summed E-state index contributed by atoms with van der Waals surface area (Å²) in [5.41, 5.74) is -0.691. The Morgan fingerprint density at radius 2 is 2.28 bits per heavy atom. The van der Waals surface area contributed by atoms with Crippen LogP contribution in [-0.4, -0.2) is 35.9 Å². The molecule has 2 fully saturated rings. The third-order valence-electron chi connectivity index (χ3n) is 4.12. The van der Waals surface area contributed by atoms with Gasteiger partial charge in [-0.1, -0.05) is 19.8 Å². The number of carbonyl (C=O) groups excluding carboxylic acids is 1. The molecule has 2 N–H and O–H groups in total. The zero-order chi connectivity index (χ0) is 13.0. The number of carbonyl (C=O) groups is 1. The standard InChI is InChI=1S/C14H25NO3/c1-11-4-2-6-14(17,9-11)10-15-13(16)8-12-5-3-7-18-12/h11-12,17H,2-10H2,1H3,(H,15,16). The van der Waals surface area contributed by atoms with Gasteiger partial charge in [-0.25, -0.2) is 0 Å². The number of rotatable bonds is 4. The van der Waals surface area contributed by atoms with Crippen LogP contribution >= 0.6 is 0 Å². The summed E-state index contributed by atoms with van der Waals surface area (Å²) in [5, 5.41) is 13.3. The van der Waals surface area contributed by atoms with E-state index in [1.165, 1.54) is 6.42 Å². The highest BCUT2D eigenvalue weighted by molar-refractivity contribution is 5.76. The van der Waals surface area contributed by atoms with Crippen LogP contribution in [0.15, 0.2) is 0 Å². The molecule has 1 saturated heterocycles. The van der Waals surface area contributed by atoms with Crippen molar-refractivity contribution in [3.8, 4) is 0 Å². The molecular weight excluding hydrogens is 230 g/mol. The van der Waals surface area contributed by atoms with Crippen LogP contribution in [0.4, 0.5) is 0 Å². The third kappa shape index (κ3) is 3.95. The molecule has 1 aliphatic carbocycles. The van der Waals surface area contributed by atoms with Gasteiger partial charge in [-0.2, -0.15) is 0 Å². The second-order valence-electron chi connectivity index (χ2n) is 6.04. The fraction of sp³-hybridized carbons (Fsp3) is 0.929. The number of amides is 1. The van der Waals surface area contributed by atoms with Crippen LogP contribution in [-0.2, 0) is 9.53 Å². The number of hydrogen-bond donors (Lipinski definition) is 2. The van der Waals surface area contributed by atoms with Crippen molar-refractivity contribution < 1.29 is 14.6 Å². The Bertz CT molecular complexity index is 289. The first-order chi connectivity index (χ1) is 8.57. The minimum atomic E-state index is -0.691. The largest absolute Gasteiger partial charge is 0.388 e. The summed E-state index contributed by atoms with van der Waals surface area (Å²) in [6.45, 7) is 3.33. The molecule has 1 heterocycles.